The van der Waals surface area contributed by atoms with E-state index in [1.807, 2.05) is 41.5 Å². The number of unbranched alkanes of at least 4 members (excludes halogenated alkanes) is 1. The molecule has 0 saturated heterocycles. The molecule has 48 heavy (non-hydrogen) atoms. The topological polar surface area (TPSA) is 138 Å². The van der Waals surface area contributed by atoms with Crippen molar-refractivity contribution in [2.75, 3.05) is 39.6 Å². The molecule has 2 N–H and O–H groups in total. The monoisotopic (exact) mass is 682 g/mol. The van der Waals surface area contributed by atoms with Crippen LogP contribution in [0.4, 0.5) is 0 Å². The van der Waals surface area contributed by atoms with Gasteiger partial charge in [0.15, 0.2) is 13.2 Å². The Morgan fingerprint density at radius 1 is 0.646 bits per heavy atom. The molecule has 0 radical (unpaired) electrons. The van der Waals surface area contributed by atoms with Crippen LogP contribution in [0.2, 0.25) is 0 Å². The molecule has 0 rings (SSSR count). The van der Waals surface area contributed by atoms with E-state index in [0.29, 0.717) is 32.7 Å². The number of carbonyl (C=O) groups excluding carboxylic acids is 4. The summed E-state index contributed by atoms with van der Waals surface area (Å²) in [6.07, 6.45) is 4.76. The predicted molar refractivity (Wildman–Crippen MR) is 188 cm³/mol. The standard InChI is InChI=1S/C37H66N2O9/c1-15-17-19-47-35(11,12)23-37(16-2,26-44-20-18-33(7,8)38-29(40)21-45-31(42)27(3)4)24-36(13,14)48-25-34(9,10)39-30(41)22-46-32(43)28(5)6/h3,5,15-26H2,1-2,4,6-14H3,(H,38,40)(H,39,41). The highest BCUT2D eigenvalue weighted by Crippen LogP contribution is 2.42. The molecule has 0 aromatic carbocycles. The lowest BCUT2D eigenvalue weighted by molar-refractivity contribution is -0.146. The van der Waals surface area contributed by atoms with Crippen molar-refractivity contribution in [3.63, 3.8) is 0 Å². The van der Waals surface area contributed by atoms with E-state index in [9.17, 15) is 19.2 Å². The Hall–Kier alpha value is -2.76. The van der Waals surface area contributed by atoms with Crippen molar-refractivity contribution in [3.05, 3.63) is 24.3 Å². The molecule has 278 valence electrons. The van der Waals surface area contributed by atoms with Crippen molar-refractivity contribution in [1.82, 2.24) is 10.6 Å². The van der Waals surface area contributed by atoms with Gasteiger partial charge in [-0.05, 0) is 107 Å². The minimum absolute atomic E-state index is 0.226. The molecule has 11 nitrogen and oxygen atoms in total. The summed E-state index contributed by atoms with van der Waals surface area (Å²) in [5.74, 6) is -2.04. The number of hydrogen-bond donors (Lipinski definition) is 2. The van der Waals surface area contributed by atoms with E-state index < -0.39 is 52.6 Å². The number of carbonyl (C=O) groups is 4. The van der Waals surface area contributed by atoms with Gasteiger partial charge >= 0.3 is 11.9 Å². The van der Waals surface area contributed by atoms with E-state index in [0.717, 1.165) is 25.7 Å². The molecule has 0 fully saturated rings. The van der Waals surface area contributed by atoms with Gasteiger partial charge in [-0.2, -0.15) is 0 Å². The lowest BCUT2D eigenvalue weighted by Crippen LogP contribution is -2.51. The van der Waals surface area contributed by atoms with Crippen molar-refractivity contribution >= 4 is 23.8 Å². The number of hydrogen-bond acceptors (Lipinski definition) is 9. The van der Waals surface area contributed by atoms with Crippen LogP contribution in [0.5, 0.6) is 0 Å². The first-order valence-corrected chi connectivity index (χ1v) is 17.0. The average molecular weight is 683 g/mol. The summed E-state index contributed by atoms with van der Waals surface area (Å²) in [6, 6.07) is 0. The van der Waals surface area contributed by atoms with Crippen LogP contribution in [-0.2, 0) is 42.9 Å². The van der Waals surface area contributed by atoms with E-state index in [1.165, 1.54) is 13.8 Å². The molecule has 0 aliphatic carbocycles. The molecule has 1 atom stereocenters. The fourth-order valence-corrected chi connectivity index (χ4v) is 5.34. The Morgan fingerprint density at radius 2 is 1.10 bits per heavy atom. The second kappa shape index (κ2) is 20.0. The van der Waals surface area contributed by atoms with Gasteiger partial charge in [0.1, 0.15) is 0 Å². The Bertz CT molecular complexity index is 1090. The fraction of sp³-hybridized carbons (Fsp3) is 0.784. The molecule has 0 aliphatic heterocycles. The summed E-state index contributed by atoms with van der Waals surface area (Å²) >= 11 is 0. The number of ether oxygens (including phenoxy) is 5. The molecule has 0 bridgehead atoms. The molecular formula is C37H66N2O9. The molecule has 0 aromatic heterocycles. The number of amides is 2. The van der Waals surface area contributed by atoms with Crippen molar-refractivity contribution in [1.29, 1.82) is 0 Å². The highest BCUT2D eigenvalue weighted by Gasteiger charge is 2.41. The smallest absolute Gasteiger partial charge is 0.333 e. The van der Waals surface area contributed by atoms with Gasteiger partial charge in [-0.15, -0.1) is 0 Å². The van der Waals surface area contributed by atoms with Crippen LogP contribution in [0, 0.1) is 5.41 Å². The summed E-state index contributed by atoms with van der Waals surface area (Å²) in [7, 11) is 0. The van der Waals surface area contributed by atoms with Crippen LogP contribution in [0.15, 0.2) is 24.3 Å². The summed E-state index contributed by atoms with van der Waals surface area (Å²) in [5, 5.41) is 5.79. The van der Waals surface area contributed by atoms with E-state index >= 15 is 0 Å². The third kappa shape index (κ3) is 19.9. The van der Waals surface area contributed by atoms with Crippen LogP contribution in [0.3, 0.4) is 0 Å². The maximum Gasteiger partial charge on any atom is 0.333 e. The zero-order valence-electron chi connectivity index (χ0n) is 32.1. The highest BCUT2D eigenvalue weighted by molar-refractivity contribution is 5.90. The Kier molecular flexibility index (Phi) is 18.9. The van der Waals surface area contributed by atoms with Crippen LogP contribution < -0.4 is 10.6 Å². The molecule has 0 heterocycles. The molecular weight excluding hydrogens is 616 g/mol. The number of nitrogens with one attached hydrogen (secondary N) is 2. The van der Waals surface area contributed by atoms with Crippen LogP contribution >= 0.6 is 0 Å². The van der Waals surface area contributed by atoms with Gasteiger partial charge in [-0.1, -0.05) is 33.4 Å². The first-order valence-electron chi connectivity index (χ1n) is 17.0. The van der Waals surface area contributed by atoms with E-state index in [2.05, 4.69) is 51.5 Å². The minimum Gasteiger partial charge on any atom is -0.452 e. The zero-order chi connectivity index (χ0) is 37.4. The minimum atomic E-state index is -0.725. The summed E-state index contributed by atoms with van der Waals surface area (Å²) < 4.78 is 29.1. The number of rotatable bonds is 25. The molecule has 0 spiro atoms. The first-order chi connectivity index (χ1) is 21.9. The van der Waals surface area contributed by atoms with E-state index in [1.54, 1.807) is 0 Å². The van der Waals surface area contributed by atoms with Gasteiger partial charge in [-0.3, -0.25) is 9.59 Å². The van der Waals surface area contributed by atoms with Crippen molar-refractivity contribution in [3.8, 4) is 0 Å². The van der Waals surface area contributed by atoms with Crippen molar-refractivity contribution in [2.24, 2.45) is 5.41 Å². The largest absolute Gasteiger partial charge is 0.452 e. The Balaban J connectivity index is 5.58. The van der Waals surface area contributed by atoms with E-state index in [4.69, 9.17) is 23.7 Å². The van der Waals surface area contributed by atoms with Crippen molar-refractivity contribution < 1.29 is 42.9 Å². The van der Waals surface area contributed by atoms with Crippen LogP contribution in [0.1, 0.15) is 122 Å². The third-order valence-electron chi connectivity index (χ3n) is 7.77. The fourth-order valence-electron chi connectivity index (χ4n) is 5.34. The van der Waals surface area contributed by atoms with Gasteiger partial charge in [0.25, 0.3) is 11.8 Å². The van der Waals surface area contributed by atoms with Crippen molar-refractivity contribution in [2.45, 2.75) is 144 Å². The van der Waals surface area contributed by atoms with Gasteiger partial charge in [0, 0.05) is 29.9 Å². The summed E-state index contributed by atoms with van der Waals surface area (Å²) in [6.45, 7) is 31.2. The normalized spacial score (nSPS) is 13.7. The lowest BCUT2D eigenvalue weighted by atomic mass is 9.70. The Labute approximate surface area is 290 Å². The maximum atomic E-state index is 12.5. The lowest BCUT2D eigenvalue weighted by Gasteiger charge is -2.44. The van der Waals surface area contributed by atoms with Gasteiger partial charge in [0.2, 0.25) is 0 Å². The second-order valence-electron chi connectivity index (χ2n) is 15.6. The van der Waals surface area contributed by atoms with Gasteiger partial charge in [-0.25, -0.2) is 9.59 Å². The molecule has 11 heteroatoms. The average Bonchev–Trinajstić information content (AvgIpc) is 2.95. The van der Waals surface area contributed by atoms with Crippen LogP contribution in [0.25, 0.3) is 0 Å². The summed E-state index contributed by atoms with van der Waals surface area (Å²) in [5.41, 5.74) is -2.18. The molecule has 0 aliphatic rings. The summed E-state index contributed by atoms with van der Waals surface area (Å²) in [4.78, 5) is 48.2. The van der Waals surface area contributed by atoms with Gasteiger partial charge in [0.05, 0.1) is 30.0 Å². The Morgan fingerprint density at radius 3 is 1.54 bits per heavy atom. The third-order valence-corrected chi connectivity index (χ3v) is 7.77. The highest BCUT2D eigenvalue weighted by atomic mass is 16.5. The molecule has 0 saturated carbocycles. The maximum absolute atomic E-state index is 12.5. The first kappa shape index (κ1) is 45.2. The quantitative estimate of drug-likeness (QED) is 0.0676. The molecule has 0 aromatic rings. The van der Waals surface area contributed by atoms with Gasteiger partial charge < -0.3 is 34.3 Å². The number of esters is 2. The second-order valence-corrected chi connectivity index (χ2v) is 15.6. The molecule has 2 amide bonds. The molecule has 1 unspecified atom stereocenters. The zero-order valence-corrected chi connectivity index (χ0v) is 32.1. The SMILES string of the molecule is C=C(C)C(=O)OCC(=O)NC(C)(C)CCOCC(CC)(CC(C)(C)OCCCC)CC(C)(C)OCC(C)(C)NC(=O)COC(=O)C(=C)C. The van der Waals surface area contributed by atoms with Crippen LogP contribution in [-0.4, -0.2) is 85.7 Å². The van der Waals surface area contributed by atoms with E-state index in [-0.39, 0.29) is 29.8 Å². The predicted octanol–water partition coefficient (Wildman–Crippen LogP) is 5.99.